The lowest BCUT2D eigenvalue weighted by Crippen LogP contribution is -2.05. The van der Waals surface area contributed by atoms with E-state index in [0.29, 0.717) is 22.6 Å². The highest BCUT2D eigenvalue weighted by Crippen LogP contribution is 2.40. The summed E-state index contributed by atoms with van der Waals surface area (Å²) in [6, 6.07) is 9.63. The minimum atomic E-state index is -0.936. The van der Waals surface area contributed by atoms with Crippen molar-refractivity contribution in [1.82, 2.24) is 0 Å². The molecule has 21 heavy (non-hydrogen) atoms. The van der Waals surface area contributed by atoms with Crippen molar-refractivity contribution in [3.05, 3.63) is 58.4 Å². The number of aliphatic hydroxyl groups is 1. The van der Waals surface area contributed by atoms with Gasteiger partial charge in [-0.3, -0.25) is 0 Å². The van der Waals surface area contributed by atoms with Crippen molar-refractivity contribution >= 4 is 11.6 Å². The van der Waals surface area contributed by atoms with Crippen LogP contribution < -0.4 is 9.47 Å². The van der Waals surface area contributed by atoms with Crippen LogP contribution in [0.4, 0.5) is 4.39 Å². The maximum absolute atomic E-state index is 13.6. The summed E-state index contributed by atoms with van der Waals surface area (Å²) in [6.45, 7) is 0. The summed E-state index contributed by atoms with van der Waals surface area (Å²) in [7, 11) is 2.97. The largest absolute Gasteiger partial charge is 0.493 e. The Kier molecular flexibility index (Phi) is 5.04. The van der Waals surface area contributed by atoms with Crippen LogP contribution in [0.15, 0.2) is 36.4 Å². The summed E-state index contributed by atoms with van der Waals surface area (Å²) < 4.78 is 24.0. The fourth-order valence-corrected chi connectivity index (χ4v) is 2.50. The molecule has 0 aliphatic heterocycles. The van der Waals surface area contributed by atoms with E-state index in [0.717, 1.165) is 0 Å². The Morgan fingerprint density at radius 3 is 2.48 bits per heavy atom. The van der Waals surface area contributed by atoms with Crippen molar-refractivity contribution in [2.45, 2.75) is 12.5 Å². The Balaban J connectivity index is 2.32. The normalized spacial score (nSPS) is 12.0. The molecule has 3 nitrogen and oxygen atoms in total. The van der Waals surface area contributed by atoms with Crippen LogP contribution in [0.25, 0.3) is 0 Å². The first-order valence-corrected chi connectivity index (χ1v) is 6.78. The minimum Gasteiger partial charge on any atom is -0.493 e. The van der Waals surface area contributed by atoms with Crippen LogP contribution in [-0.4, -0.2) is 19.3 Å². The van der Waals surface area contributed by atoms with Crippen LogP contribution in [-0.2, 0) is 6.42 Å². The lowest BCUT2D eigenvalue weighted by Gasteiger charge is -2.17. The third-order valence-electron chi connectivity index (χ3n) is 3.24. The third-order valence-corrected chi connectivity index (χ3v) is 3.63. The molecular formula is C16H16ClFO3. The molecule has 0 aromatic heterocycles. The molecule has 1 unspecified atom stereocenters. The molecule has 2 aromatic rings. The van der Waals surface area contributed by atoms with Crippen molar-refractivity contribution in [2.75, 3.05) is 14.2 Å². The van der Waals surface area contributed by atoms with Gasteiger partial charge in [0.25, 0.3) is 0 Å². The molecule has 0 aliphatic rings. The molecule has 0 aliphatic carbocycles. The molecule has 0 bridgehead atoms. The molecule has 0 amide bonds. The quantitative estimate of drug-likeness (QED) is 0.913. The molecule has 1 atom stereocenters. The van der Waals surface area contributed by atoms with E-state index >= 15 is 0 Å². The number of methoxy groups -OCH3 is 2. The molecule has 5 heteroatoms. The fraction of sp³-hybridized carbons (Fsp3) is 0.250. The highest BCUT2D eigenvalue weighted by atomic mass is 35.5. The second-order valence-electron chi connectivity index (χ2n) is 4.52. The molecular weight excluding hydrogens is 295 g/mol. The first-order valence-electron chi connectivity index (χ1n) is 6.40. The average Bonchev–Trinajstić information content (AvgIpc) is 2.49. The van der Waals surface area contributed by atoms with Crippen LogP contribution >= 0.6 is 11.6 Å². The first-order chi connectivity index (χ1) is 10.1. The van der Waals surface area contributed by atoms with Gasteiger partial charge in [-0.25, -0.2) is 4.39 Å². The monoisotopic (exact) mass is 310 g/mol. The van der Waals surface area contributed by atoms with Crippen LogP contribution in [0, 0.1) is 5.82 Å². The summed E-state index contributed by atoms with van der Waals surface area (Å²) in [6.07, 6.45) is -0.809. The Labute approximate surface area is 127 Å². The zero-order valence-corrected chi connectivity index (χ0v) is 12.5. The number of hydrogen-bond acceptors (Lipinski definition) is 3. The Bertz CT molecular complexity index is 631. The molecule has 0 spiro atoms. The van der Waals surface area contributed by atoms with Gasteiger partial charge in [0, 0.05) is 12.0 Å². The van der Waals surface area contributed by atoms with Gasteiger partial charge < -0.3 is 14.6 Å². The molecule has 0 radical (unpaired) electrons. The van der Waals surface area contributed by atoms with E-state index in [9.17, 15) is 9.50 Å². The zero-order chi connectivity index (χ0) is 15.4. The molecule has 0 saturated carbocycles. The van der Waals surface area contributed by atoms with E-state index in [-0.39, 0.29) is 17.3 Å². The Morgan fingerprint density at radius 2 is 1.86 bits per heavy atom. The van der Waals surface area contributed by atoms with Crippen LogP contribution in [0.5, 0.6) is 11.5 Å². The van der Waals surface area contributed by atoms with Gasteiger partial charge in [-0.05, 0) is 17.7 Å². The van der Waals surface area contributed by atoms with E-state index in [4.69, 9.17) is 21.1 Å². The van der Waals surface area contributed by atoms with E-state index in [1.165, 1.54) is 20.3 Å². The lowest BCUT2D eigenvalue weighted by molar-refractivity contribution is 0.176. The third kappa shape index (κ3) is 3.28. The molecule has 112 valence electrons. The second-order valence-corrected chi connectivity index (χ2v) is 4.89. The van der Waals surface area contributed by atoms with Crippen molar-refractivity contribution in [2.24, 2.45) is 0 Å². The van der Waals surface area contributed by atoms with Crippen LogP contribution in [0.3, 0.4) is 0 Å². The van der Waals surface area contributed by atoms with Crippen LogP contribution in [0.1, 0.15) is 17.2 Å². The van der Waals surface area contributed by atoms with E-state index in [1.54, 1.807) is 30.3 Å². The number of hydrogen-bond donors (Lipinski definition) is 1. The zero-order valence-electron chi connectivity index (χ0n) is 11.8. The smallest absolute Gasteiger partial charge is 0.179 e. The van der Waals surface area contributed by atoms with Gasteiger partial charge in [-0.15, -0.1) is 0 Å². The first kappa shape index (κ1) is 15.6. The number of benzene rings is 2. The van der Waals surface area contributed by atoms with Gasteiger partial charge in [-0.2, -0.15) is 0 Å². The molecule has 2 rings (SSSR count). The van der Waals surface area contributed by atoms with Crippen molar-refractivity contribution in [1.29, 1.82) is 0 Å². The Morgan fingerprint density at radius 1 is 1.14 bits per heavy atom. The van der Waals surface area contributed by atoms with E-state index < -0.39 is 6.10 Å². The fourth-order valence-electron chi connectivity index (χ4n) is 2.14. The van der Waals surface area contributed by atoms with Gasteiger partial charge >= 0.3 is 0 Å². The number of aliphatic hydroxyl groups excluding tert-OH is 1. The summed E-state index contributed by atoms with van der Waals surface area (Å²) in [5, 5.41) is 10.6. The molecule has 1 N–H and O–H groups in total. The Hall–Kier alpha value is -1.78. The van der Waals surface area contributed by atoms with Gasteiger partial charge in [0.05, 0.1) is 25.3 Å². The topological polar surface area (TPSA) is 38.7 Å². The lowest BCUT2D eigenvalue weighted by atomic mass is 10.0. The van der Waals surface area contributed by atoms with Crippen molar-refractivity contribution < 1.29 is 19.0 Å². The van der Waals surface area contributed by atoms with Gasteiger partial charge in [-0.1, -0.05) is 35.9 Å². The summed E-state index contributed by atoms with van der Waals surface area (Å²) >= 11 is 6.23. The summed E-state index contributed by atoms with van der Waals surface area (Å²) in [5.41, 5.74) is 0.897. The highest BCUT2D eigenvalue weighted by Gasteiger charge is 2.19. The second kappa shape index (κ2) is 6.78. The van der Waals surface area contributed by atoms with E-state index in [1.807, 2.05) is 0 Å². The predicted octanol–water partition coefficient (Wildman–Crippen LogP) is 3.77. The molecule has 0 fully saturated rings. The minimum absolute atomic E-state index is 0.127. The number of halogens is 2. The van der Waals surface area contributed by atoms with Gasteiger partial charge in [0.1, 0.15) is 5.82 Å². The maximum atomic E-state index is 13.6. The highest BCUT2D eigenvalue weighted by molar-refractivity contribution is 6.33. The van der Waals surface area contributed by atoms with Crippen molar-refractivity contribution in [3.63, 3.8) is 0 Å². The van der Waals surface area contributed by atoms with Crippen molar-refractivity contribution in [3.8, 4) is 11.5 Å². The maximum Gasteiger partial charge on any atom is 0.179 e. The van der Waals surface area contributed by atoms with E-state index in [2.05, 4.69) is 0 Å². The number of rotatable bonds is 5. The predicted molar refractivity (Wildman–Crippen MR) is 79.6 cm³/mol. The SMILES string of the molecule is COc1ccc(C(O)Cc2ccccc2F)c(Cl)c1OC. The van der Waals surface area contributed by atoms with Crippen LogP contribution in [0.2, 0.25) is 5.02 Å². The molecule has 2 aromatic carbocycles. The molecule has 0 heterocycles. The number of ether oxygens (including phenoxy) is 2. The summed E-state index contributed by atoms with van der Waals surface area (Å²) in [4.78, 5) is 0. The summed E-state index contributed by atoms with van der Waals surface area (Å²) in [5.74, 6) is 0.474. The van der Waals surface area contributed by atoms with Gasteiger partial charge in [0.15, 0.2) is 11.5 Å². The van der Waals surface area contributed by atoms with Gasteiger partial charge in [0.2, 0.25) is 0 Å². The average molecular weight is 311 g/mol. The standard InChI is InChI=1S/C16H16ClFO3/c1-20-14-8-7-11(15(17)16(14)21-2)13(19)9-10-5-3-4-6-12(10)18/h3-8,13,19H,9H2,1-2H3. The molecule has 0 saturated heterocycles.